The van der Waals surface area contributed by atoms with Crippen molar-refractivity contribution in [3.8, 4) is 0 Å². The molecule has 162 valence electrons. The number of aliphatic hydroxyl groups is 4. The molecule has 1 aliphatic carbocycles. The van der Waals surface area contributed by atoms with Gasteiger partial charge in [-0.1, -0.05) is 41.9 Å². The van der Waals surface area contributed by atoms with Gasteiger partial charge < -0.3 is 29.9 Å². The maximum Gasteiger partial charge on any atom is 0.224 e. The van der Waals surface area contributed by atoms with E-state index in [-0.39, 0.29) is 0 Å². The minimum atomic E-state index is -1.75. The quantitative estimate of drug-likeness (QED) is 0.555. The van der Waals surface area contributed by atoms with Gasteiger partial charge in [-0.2, -0.15) is 0 Å². The molecule has 2 aromatic carbocycles. The van der Waals surface area contributed by atoms with Gasteiger partial charge in [-0.25, -0.2) is 0 Å². The first-order valence-electron chi connectivity index (χ1n) is 10.2. The van der Waals surface area contributed by atoms with E-state index < -0.39 is 36.8 Å². The lowest BCUT2D eigenvalue weighted by Gasteiger charge is -2.47. The zero-order valence-corrected chi connectivity index (χ0v) is 17.5. The van der Waals surface area contributed by atoms with Crippen molar-refractivity contribution in [1.82, 2.24) is 0 Å². The van der Waals surface area contributed by atoms with Crippen LogP contribution in [-0.4, -0.2) is 58.6 Å². The fourth-order valence-corrected chi connectivity index (χ4v) is 4.32. The molecule has 0 aromatic heterocycles. The predicted octanol–water partition coefficient (Wildman–Crippen LogP) is 2.08. The van der Waals surface area contributed by atoms with Crippen LogP contribution in [0.1, 0.15) is 41.0 Å². The maximum absolute atomic E-state index is 10.7. The number of aliphatic hydroxyl groups excluding tert-OH is 4. The van der Waals surface area contributed by atoms with Crippen LogP contribution in [0.4, 0.5) is 0 Å². The smallest absolute Gasteiger partial charge is 0.224 e. The molecule has 0 amide bonds. The molecule has 1 heterocycles. The average molecular weight is 435 g/mol. The molecule has 1 aliphatic heterocycles. The molecule has 3 unspecified atom stereocenters. The molecule has 30 heavy (non-hydrogen) atoms. The third kappa shape index (κ3) is 3.89. The molecule has 6 nitrogen and oxygen atoms in total. The number of hydrogen-bond acceptors (Lipinski definition) is 6. The second-order valence-corrected chi connectivity index (χ2v) is 8.54. The van der Waals surface area contributed by atoms with Crippen molar-refractivity contribution in [1.29, 1.82) is 0 Å². The Balaban J connectivity index is 1.65. The van der Waals surface area contributed by atoms with Crippen LogP contribution in [0.3, 0.4) is 0 Å². The third-order valence-electron chi connectivity index (χ3n) is 6.12. The van der Waals surface area contributed by atoms with Crippen molar-refractivity contribution in [3.63, 3.8) is 0 Å². The summed E-state index contributed by atoms with van der Waals surface area (Å²) in [7, 11) is 1.34. The fourth-order valence-electron chi connectivity index (χ4n) is 4.14. The van der Waals surface area contributed by atoms with E-state index in [1.54, 1.807) is 18.2 Å². The molecule has 7 heteroatoms. The van der Waals surface area contributed by atoms with Crippen LogP contribution in [0.5, 0.6) is 0 Å². The van der Waals surface area contributed by atoms with Gasteiger partial charge in [0.15, 0.2) is 0 Å². The normalized spacial score (nSPS) is 31.7. The van der Waals surface area contributed by atoms with Crippen LogP contribution in [0.25, 0.3) is 0 Å². The molecule has 1 saturated carbocycles. The van der Waals surface area contributed by atoms with Crippen molar-refractivity contribution >= 4 is 11.6 Å². The predicted molar refractivity (Wildman–Crippen MR) is 111 cm³/mol. The highest BCUT2D eigenvalue weighted by Gasteiger charge is 2.55. The number of rotatable bonds is 6. The number of halogens is 1. The van der Waals surface area contributed by atoms with E-state index in [0.717, 1.165) is 11.1 Å². The molecule has 2 aliphatic rings. The third-order valence-corrected chi connectivity index (χ3v) is 6.49. The van der Waals surface area contributed by atoms with Crippen LogP contribution in [-0.2, 0) is 21.7 Å². The van der Waals surface area contributed by atoms with Crippen LogP contribution in [0.2, 0.25) is 5.02 Å². The summed E-state index contributed by atoms with van der Waals surface area (Å²) in [5.74, 6) is -1.06. The molecule has 2 fully saturated rings. The highest BCUT2D eigenvalue weighted by Crippen LogP contribution is 2.41. The summed E-state index contributed by atoms with van der Waals surface area (Å²) in [4.78, 5) is 0. The van der Waals surface area contributed by atoms with Gasteiger partial charge in [0.1, 0.15) is 24.4 Å². The molecular formula is C23H27ClO6. The summed E-state index contributed by atoms with van der Waals surface area (Å²) in [5, 5.41) is 41.2. The molecule has 1 saturated heterocycles. The van der Waals surface area contributed by atoms with E-state index >= 15 is 0 Å². The Kier molecular flexibility index (Phi) is 6.19. The lowest BCUT2D eigenvalue weighted by Crippen LogP contribution is -2.64. The lowest BCUT2D eigenvalue weighted by atomic mass is 9.87. The molecule has 0 spiro atoms. The van der Waals surface area contributed by atoms with Gasteiger partial charge in [0.05, 0.1) is 6.61 Å². The van der Waals surface area contributed by atoms with Crippen LogP contribution < -0.4 is 0 Å². The van der Waals surface area contributed by atoms with E-state index in [9.17, 15) is 20.4 Å². The number of hydrogen-bond donors (Lipinski definition) is 4. The van der Waals surface area contributed by atoms with Gasteiger partial charge in [0.2, 0.25) is 5.79 Å². The zero-order valence-electron chi connectivity index (χ0n) is 16.7. The van der Waals surface area contributed by atoms with Crippen molar-refractivity contribution < 1.29 is 29.9 Å². The SMILES string of the molecule is COC1(c2ccc(Cl)c(Cc3ccc(C4CC4)cc3)c2)O[C@H](CO)C(O)C(O)[C@@H]1O. The van der Waals surface area contributed by atoms with Crippen molar-refractivity contribution in [2.45, 2.75) is 55.4 Å². The Bertz CT molecular complexity index is 882. The molecule has 4 N–H and O–H groups in total. The monoisotopic (exact) mass is 434 g/mol. The Morgan fingerprint density at radius 1 is 1.07 bits per heavy atom. The Morgan fingerprint density at radius 3 is 2.37 bits per heavy atom. The molecule has 2 aromatic rings. The second kappa shape index (κ2) is 8.55. The molecule has 5 atom stereocenters. The fraction of sp³-hybridized carbons (Fsp3) is 0.478. The molecule has 0 bridgehead atoms. The summed E-state index contributed by atoms with van der Waals surface area (Å²) in [6.07, 6.45) is -2.59. The Labute approximate surface area is 180 Å². The van der Waals surface area contributed by atoms with Gasteiger partial charge in [0.25, 0.3) is 0 Å². The van der Waals surface area contributed by atoms with Crippen LogP contribution >= 0.6 is 11.6 Å². The zero-order chi connectivity index (χ0) is 21.5. The van der Waals surface area contributed by atoms with Crippen LogP contribution in [0, 0.1) is 0 Å². The number of benzene rings is 2. The van der Waals surface area contributed by atoms with Gasteiger partial charge in [0, 0.05) is 17.7 Å². The molecule has 4 rings (SSSR count). The van der Waals surface area contributed by atoms with E-state index in [2.05, 4.69) is 24.3 Å². The average Bonchev–Trinajstić information content (AvgIpc) is 3.60. The minimum Gasteiger partial charge on any atom is -0.394 e. The number of methoxy groups -OCH3 is 1. The minimum absolute atomic E-state index is 0.441. The van der Waals surface area contributed by atoms with Gasteiger partial charge >= 0.3 is 0 Å². The molecule has 0 radical (unpaired) electrons. The highest BCUT2D eigenvalue weighted by molar-refractivity contribution is 6.31. The first kappa shape index (κ1) is 21.7. The molecular weight excluding hydrogens is 408 g/mol. The first-order valence-corrected chi connectivity index (χ1v) is 10.5. The summed E-state index contributed by atoms with van der Waals surface area (Å²) in [6.45, 7) is -0.538. The van der Waals surface area contributed by atoms with Gasteiger partial charge in [-0.15, -0.1) is 0 Å². The van der Waals surface area contributed by atoms with Crippen molar-refractivity contribution in [2.75, 3.05) is 13.7 Å². The second-order valence-electron chi connectivity index (χ2n) is 8.14. The maximum atomic E-state index is 10.7. The summed E-state index contributed by atoms with van der Waals surface area (Å²) in [6, 6.07) is 13.6. The lowest BCUT2D eigenvalue weighted by molar-refractivity contribution is -0.366. The van der Waals surface area contributed by atoms with E-state index in [0.29, 0.717) is 22.9 Å². The first-order chi connectivity index (χ1) is 14.4. The standard InChI is InChI=1S/C23H27ClO6/c1-29-23(22(28)21(27)20(26)19(12-25)30-23)17-8-9-18(24)16(11-17)10-13-2-4-14(5-3-13)15-6-7-15/h2-5,8-9,11,15,19-22,25-28H,6-7,10,12H2,1H3/t19-,20?,21?,22+,23?/m1/s1. The van der Waals surface area contributed by atoms with Gasteiger partial charge in [-0.3, -0.25) is 0 Å². The van der Waals surface area contributed by atoms with Crippen molar-refractivity contribution in [2.24, 2.45) is 0 Å². The Hall–Kier alpha value is -1.51. The van der Waals surface area contributed by atoms with E-state index in [4.69, 9.17) is 21.1 Å². The van der Waals surface area contributed by atoms with E-state index in [1.165, 1.54) is 25.5 Å². The van der Waals surface area contributed by atoms with Crippen molar-refractivity contribution in [3.05, 3.63) is 69.7 Å². The summed E-state index contributed by atoms with van der Waals surface area (Å²) < 4.78 is 11.3. The van der Waals surface area contributed by atoms with Gasteiger partial charge in [-0.05, 0) is 54.0 Å². The summed E-state index contributed by atoms with van der Waals surface area (Å²) in [5.41, 5.74) is 3.70. The number of ether oxygens (including phenoxy) is 2. The largest absolute Gasteiger partial charge is 0.394 e. The topological polar surface area (TPSA) is 99.4 Å². The highest BCUT2D eigenvalue weighted by atomic mass is 35.5. The Morgan fingerprint density at radius 2 is 1.77 bits per heavy atom. The van der Waals surface area contributed by atoms with Crippen LogP contribution in [0.15, 0.2) is 42.5 Å². The van der Waals surface area contributed by atoms with E-state index in [1.807, 2.05) is 0 Å². The summed E-state index contributed by atoms with van der Waals surface area (Å²) >= 11 is 6.44.